The van der Waals surface area contributed by atoms with Gasteiger partial charge >= 0.3 is 6.18 Å². The van der Waals surface area contributed by atoms with E-state index in [1.807, 2.05) is 6.07 Å². The Labute approximate surface area is 243 Å². The number of aromatic nitrogens is 4. The summed E-state index contributed by atoms with van der Waals surface area (Å²) in [5, 5.41) is 12.7. The van der Waals surface area contributed by atoms with Crippen molar-refractivity contribution in [3.05, 3.63) is 72.0 Å². The van der Waals surface area contributed by atoms with Crippen LogP contribution in [0.25, 0.3) is 33.0 Å². The highest BCUT2D eigenvalue weighted by molar-refractivity contribution is 7.18. The second-order valence-electron chi connectivity index (χ2n) is 10.8. The molecule has 3 aromatic carbocycles. The van der Waals surface area contributed by atoms with Crippen LogP contribution in [-0.2, 0) is 6.18 Å². The molecule has 1 saturated carbocycles. The van der Waals surface area contributed by atoms with Crippen LogP contribution < -0.4 is 10.2 Å². The lowest BCUT2D eigenvalue weighted by molar-refractivity contribution is -0.137. The molecule has 0 radical (unpaired) electrons. The Morgan fingerprint density at radius 2 is 1.67 bits per heavy atom. The van der Waals surface area contributed by atoms with Gasteiger partial charge < -0.3 is 19.7 Å². The Morgan fingerprint density at radius 3 is 2.38 bits per heavy atom. The van der Waals surface area contributed by atoms with Crippen LogP contribution >= 0.6 is 11.3 Å². The number of piperazine rings is 1. The molecular formula is C30H27F4N7S. The zero-order valence-electron chi connectivity index (χ0n) is 22.7. The van der Waals surface area contributed by atoms with Gasteiger partial charge in [-0.15, -0.1) is 10.2 Å². The van der Waals surface area contributed by atoms with Crippen molar-refractivity contribution >= 4 is 38.9 Å². The van der Waals surface area contributed by atoms with Gasteiger partial charge in [0.15, 0.2) is 0 Å². The van der Waals surface area contributed by atoms with E-state index < -0.39 is 11.7 Å². The minimum absolute atomic E-state index is 0.293. The van der Waals surface area contributed by atoms with Crippen molar-refractivity contribution in [1.82, 2.24) is 24.6 Å². The first-order valence-corrected chi connectivity index (χ1v) is 14.6. The van der Waals surface area contributed by atoms with Gasteiger partial charge in [0.2, 0.25) is 5.13 Å². The van der Waals surface area contributed by atoms with Gasteiger partial charge in [-0.2, -0.15) is 13.2 Å². The third-order valence-corrected chi connectivity index (χ3v) is 8.66. The van der Waals surface area contributed by atoms with E-state index >= 15 is 0 Å². The van der Waals surface area contributed by atoms with Gasteiger partial charge in [0.05, 0.1) is 28.0 Å². The van der Waals surface area contributed by atoms with Crippen LogP contribution in [0, 0.1) is 5.82 Å². The number of anilines is 3. The molecule has 5 aromatic rings. The van der Waals surface area contributed by atoms with Crippen molar-refractivity contribution in [1.29, 1.82) is 0 Å². The monoisotopic (exact) mass is 593 g/mol. The second kappa shape index (κ2) is 10.4. The normalized spacial score (nSPS) is 16.4. The first kappa shape index (κ1) is 26.8. The van der Waals surface area contributed by atoms with E-state index in [2.05, 4.69) is 43.0 Å². The minimum Gasteiger partial charge on any atom is -0.367 e. The molecule has 2 fully saturated rings. The maximum Gasteiger partial charge on any atom is 0.416 e. The van der Waals surface area contributed by atoms with Crippen LogP contribution in [0.15, 0.2) is 60.7 Å². The van der Waals surface area contributed by atoms with Gasteiger partial charge in [-0.25, -0.2) is 9.37 Å². The molecule has 1 N–H and O–H groups in total. The Bertz CT molecular complexity index is 1750. The second-order valence-corrected chi connectivity index (χ2v) is 11.8. The van der Waals surface area contributed by atoms with Gasteiger partial charge in [-0.05, 0) is 68.4 Å². The van der Waals surface area contributed by atoms with Gasteiger partial charge in [0.1, 0.15) is 16.6 Å². The maximum atomic E-state index is 13.7. The summed E-state index contributed by atoms with van der Waals surface area (Å²) < 4.78 is 55.8. The summed E-state index contributed by atoms with van der Waals surface area (Å²) in [6.45, 7) is 3.51. The fourth-order valence-electron chi connectivity index (χ4n) is 5.38. The van der Waals surface area contributed by atoms with E-state index in [0.717, 1.165) is 84.9 Å². The number of benzene rings is 3. The number of likely N-dealkylation sites (N-methyl/N-ethyl adjacent to an activating group) is 1. The number of hydrogen-bond donors (Lipinski definition) is 1. The zero-order valence-corrected chi connectivity index (χ0v) is 23.5. The van der Waals surface area contributed by atoms with E-state index in [9.17, 15) is 17.6 Å². The molecule has 7 nitrogen and oxygen atoms in total. The largest absolute Gasteiger partial charge is 0.416 e. The van der Waals surface area contributed by atoms with Crippen LogP contribution in [0.5, 0.6) is 0 Å². The van der Waals surface area contributed by atoms with Gasteiger partial charge in [-0.3, -0.25) is 0 Å². The van der Waals surface area contributed by atoms with Crippen LogP contribution in [0.2, 0.25) is 0 Å². The fourth-order valence-corrected chi connectivity index (χ4v) is 6.13. The molecule has 0 bridgehead atoms. The minimum atomic E-state index is -4.44. The average Bonchev–Trinajstić information content (AvgIpc) is 3.59. The topological polar surface area (TPSA) is 62.1 Å². The van der Waals surface area contributed by atoms with Gasteiger partial charge in [-0.1, -0.05) is 23.5 Å². The van der Waals surface area contributed by atoms with Crippen molar-refractivity contribution in [2.45, 2.75) is 25.1 Å². The molecule has 7 rings (SSSR count). The highest BCUT2D eigenvalue weighted by Gasteiger charge is 2.32. The predicted molar refractivity (Wildman–Crippen MR) is 157 cm³/mol. The predicted octanol–water partition coefficient (Wildman–Crippen LogP) is 7.21. The molecule has 0 unspecified atom stereocenters. The smallest absolute Gasteiger partial charge is 0.367 e. The molecule has 42 heavy (non-hydrogen) atoms. The number of hydrogen-bond acceptors (Lipinski definition) is 7. The van der Waals surface area contributed by atoms with Crippen LogP contribution in [0.3, 0.4) is 0 Å². The third-order valence-electron chi connectivity index (χ3n) is 7.77. The van der Waals surface area contributed by atoms with Crippen LogP contribution in [0.1, 0.15) is 24.4 Å². The molecule has 2 aromatic heterocycles. The Hall–Kier alpha value is -4.03. The number of nitrogens with one attached hydrogen (secondary N) is 1. The molecule has 0 amide bonds. The summed E-state index contributed by atoms with van der Waals surface area (Å²) in [4.78, 5) is 9.61. The van der Waals surface area contributed by atoms with Crippen molar-refractivity contribution in [3.63, 3.8) is 0 Å². The summed E-state index contributed by atoms with van der Waals surface area (Å²) in [6.07, 6.45) is -2.32. The molecule has 1 aliphatic carbocycles. The highest BCUT2D eigenvalue weighted by atomic mass is 32.1. The van der Waals surface area contributed by atoms with E-state index in [1.54, 1.807) is 18.2 Å². The molecule has 3 heterocycles. The molecule has 1 aliphatic heterocycles. The quantitative estimate of drug-likeness (QED) is 0.210. The van der Waals surface area contributed by atoms with E-state index in [-0.39, 0.29) is 5.82 Å². The van der Waals surface area contributed by atoms with Crippen LogP contribution in [-0.4, -0.2) is 57.9 Å². The SMILES string of the molecule is CN1CCN(c2cc3c(cc2Nc2nnc(-c4cccc(C(F)(F)F)c4)s2)nc(-c2ccc(F)cc2)n3C2CC2)CC1. The first-order valence-electron chi connectivity index (χ1n) is 13.8. The third kappa shape index (κ3) is 5.20. The molecule has 0 atom stereocenters. The van der Waals surface area contributed by atoms with Gasteiger partial charge in [0.25, 0.3) is 0 Å². The van der Waals surface area contributed by atoms with Crippen molar-refractivity contribution in [2.24, 2.45) is 0 Å². The maximum absolute atomic E-state index is 13.7. The molecular weight excluding hydrogens is 566 g/mol. The lowest BCUT2D eigenvalue weighted by Crippen LogP contribution is -2.44. The fraction of sp³-hybridized carbons (Fsp3) is 0.300. The molecule has 0 spiro atoms. The summed E-state index contributed by atoms with van der Waals surface area (Å²) in [5.41, 5.74) is 4.09. The Morgan fingerprint density at radius 1 is 0.905 bits per heavy atom. The average molecular weight is 594 g/mol. The van der Waals surface area contributed by atoms with Crippen molar-refractivity contribution < 1.29 is 17.6 Å². The lowest BCUT2D eigenvalue weighted by Gasteiger charge is -2.35. The number of rotatable bonds is 6. The van der Waals surface area contributed by atoms with Crippen molar-refractivity contribution in [3.8, 4) is 22.0 Å². The van der Waals surface area contributed by atoms with E-state index in [4.69, 9.17) is 4.98 Å². The van der Waals surface area contributed by atoms with E-state index in [0.29, 0.717) is 21.7 Å². The number of nitrogens with zero attached hydrogens (tertiary/aromatic N) is 6. The van der Waals surface area contributed by atoms with Crippen molar-refractivity contribution in [2.75, 3.05) is 43.4 Å². The molecule has 12 heteroatoms. The Balaban J connectivity index is 1.29. The van der Waals surface area contributed by atoms with Crippen LogP contribution in [0.4, 0.5) is 34.1 Å². The molecule has 1 saturated heterocycles. The number of imidazole rings is 1. The Kier molecular flexibility index (Phi) is 6.62. The number of halogens is 4. The lowest BCUT2D eigenvalue weighted by atomic mass is 10.1. The first-order chi connectivity index (χ1) is 20.2. The van der Waals surface area contributed by atoms with E-state index in [1.165, 1.54) is 29.5 Å². The highest BCUT2D eigenvalue weighted by Crippen LogP contribution is 2.44. The number of alkyl halides is 3. The summed E-state index contributed by atoms with van der Waals surface area (Å²) in [7, 11) is 2.10. The summed E-state index contributed by atoms with van der Waals surface area (Å²) in [6, 6.07) is 16.0. The summed E-state index contributed by atoms with van der Waals surface area (Å²) in [5.74, 6) is 0.509. The van der Waals surface area contributed by atoms with Gasteiger partial charge in [0, 0.05) is 43.3 Å². The molecule has 216 valence electrons. The summed E-state index contributed by atoms with van der Waals surface area (Å²) >= 11 is 1.19. The standard InChI is InChI=1S/C30H27F4N7S/c1-39-11-13-40(14-12-39)25-17-26-24(35-27(41(26)22-9-10-22)18-5-7-21(31)8-6-18)16-23(25)36-29-38-37-28(42-29)19-3-2-4-20(15-19)30(32,33)34/h2-8,15-17,22H,9-14H2,1H3,(H,36,38). The molecule has 2 aliphatic rings. The number of fused-ring (bicyclic) bond motifs is 1. The zero-order chi connectivity index (χ0) is 29.0.